The maximum Gasteiger partial charge on any atom is 0.308 e. The Labute approximate surface area is 159 Å². The minimum Gasteiger partial charge on any atom is -0.427 e. The molecule has 0 N–H and O–H groups in total. The van der Waals surface area contributed by atoms with E-state index in [1.165, 1.54) is 57.7 Å². The lowest BCUT2D eigenvalue weighted by molar-refractivity contribution is -0.131. The Morgan fingerprint density at radius 1 is 1.24 bits per heavy atom. The molecule has 1 fully saturated rings. The van der Waals surface area contributed by atoms with Crippen LogP contribution in [0.5, 0.6) is 5.75 Å². The summed E-state index contributed by atoms with van der Waals surface area (Å²) in [5, 5.41) is 0. The summed E-state index contributed by atoms with van der Waals surface area (Å²) in [5.74, 6) is 1.74. The lowest BCUT2D eigenvalue weighted by Crippen LogP contribution is -2.42. The number of esters is 1. The van der Waals surface area contributed by atoms with Crippen LogP contribution in [-0.4, -0.2) is 24.0 Å². The Hall–Kier alpha value is -1.06. The summed E-state index contributed by atoms with van der Waals surface area (Å²) in [6.07, 6.45) is 6.47. The van der Waals surface area contributed by atoms with E-state index in [2.05, 4.69) is 37.8 Å². The van der Waals surface area contributed by atoms with Crippen molar-refractivity contribution in [2.45, 2.75) is 65.8 Å². The first-order valence-corrected chi connectivity index (χ1v) is 9.55. The highest BCUT2D eigenvalue weighted by atomic mass is 35.5. The summed E-state index contributed by atoms with van der Waals surface area (Å²) in [4.78, 5) is 13.9. The van der Waals surface area contributed by atoms with E-state index in [1.807, 2.05) is 12.1 Å². The number of carbonyl (C=O) groups excluding carboxylic acids is 1. The summed E-state index contributed by atoms with van der Waals surface area (Å²) in [5.41, 5.74) is 1.28. The third kappa shape index (κ3) is 6.31. The Kier molecular flexibility index (Phi) is 9.52. The van der Waals surface area contributed by atoms with Crippen molar-refractivity contribution in [1.29, 1.82) is 0 Å². The first-order chi connectivity index (χ1) is 11.5. The van der Waals surface area contributed by atoms with Gasteiger partial charge in [-0.25, -0.2) is 0 Å². The fourth-order valence-electron chi connectivity index (χ4n) is 3.85. The van der Waals surface area contributed by atoms with Gasteiger partial charge < -0.3 is 4.74 Å². The van der Waals surface area contributed by atoms with Crippen molar-refractivity contribution in [2.75, 3.05) is 13.1 Å². The number of benzene rings is 1. The van der Waals surface area contributed by atoms with E-state index in [0.29, 0.717) is 17.7 Å². The van der Waals surface area contributed by atoms with Crippen LogP contribution in [0.1, 0.15) is 71.4 Å². The fourth-order valence-corrected chi connectivity index (χ4v) is 3.85. The van der Waals surface area contributed by atoms with Gasteiger partial charge in [0, 0.05) is 13.0 Å². The number of hydrogen-bond donors (Lipinski definition) is 0. The maximum absolute atomic E-state index is 11.3. The second-order valence-electron chi connectivity index (χ2n) is 7.33. The van der Waals surface area contributed by atoms with Crippen molar-refractivity contribution in [3.63, 3.8) is 0 Å². The molecule has 0 aliphatic carbocycles. The molecule has 0 amide bonds. The zero-order chi connectivity index (χ0) is 17.5. The molecule has 0 aromatic heterocycles. The number of rotatable bonds is 7. The molecule has 2 rings (SSSR count). The van der Waals surface area contributed by atoms with Gasteiger partial charge in [0.2, 0.25) is 0 Å². The molecule has 1 unspecified atom stereocenters. The molecule has 1 aromatic rings. The quantitative estimate of drug-likeness (QED) is 0.355. The highest BCUT2D eigenvalue weighted by Gasteiger charge is 2.33. The van der Waals surface area contributed by atoms with E-state index in [9.17, 15) is 4.79 Å². The lowest BCUT2D eigenvalue weighted by Gasteiger charge is -2.44. The Morgan fingerprint density at radius 2 is 2.00 bits per heavy atom. The van der Waals surface area contributed by atoms with E-state index in [-0.39, 0.29) is 18.4 Å². The van der Waals surface area contributed by atoms with Gasteiger partial charge in [0.05, 0.1) is 0 Å². The summed E-state index contributed by atoms with van der Waals surface area (Å²) in [6.45, 7) is 10.8. The van der Waals surface area contributed by atoms with Crippen LogP contribution >= 0.6 is 12.4 Å². The van der Waals surface area contributed by atoms with Crippen LogP contribution in [0.2, 0.25) is 0 Å². The van der Waals surface area contributed by atoms with Gasteiger partial charge in [-0.2, -0.15) is 0 Å². The number of piperidine rings is 1. The van der Waals surface area contributed by atoms with E-state index < -0.39 is 0 Å². The third-order valence-electron chi connectivity index (χ3n) is 5.42. The second kappa shape index (κ2) is 10.8. The highest BCUT2D eigenvalue weighted by molar-refractivity contribution is 5.85. The molecule has 0 bridgehead atoms. The number of carbonyl (C=O) groups is 1. The number of hydrogen-bond acceptors (Lipinski definition) is 3. The minimum atomic E-state index is -0.256. The van der Waals surface area contributed by atoms with Gasteiger partial charge in [-0.3, -0.25) is 9.69 Å². The Bertz CT molecular complexity index is 534. The van der Waals surface area contributed by atoms with Crippen LogP contribution in [0.25, 0.3) is 0 Å². The molecule has 3 atom stereocenters. The zero-order valence-corrected chi connectivity index (χ0v) is 17.0. The van der Waals surface area contributed by atoms with E-state index >= 15 is 0 Å². The lowest BCUT2D eigenvalue weighted by atomic mass is 9.79. The average Bonchev–Trinajstić information content (AvgIpc) is 2.54. The Morgan fingerprint density at radius 3 is 2.68 bits per heavy atom. The smallest absolute Gasteiger partial charge is 0.308 e. The number of halogens is 1. The molecule has 25 heavy (non-hydrogen) atoms. The third-order valence-corrected chi connectivity index (χ3v) is 5.42. The topological polar surface area (TPSA) is 29.5 Å². The van der Waals surface area contributed by atoms with Crippen LogP contribution in [-0.2, 0) is 4.79 Å². The van der Waals surface area contributed by atoms with Gasteiger partial charge in [-0.15, -0.1) is 12.4 Å². The maximum atomic E-state index is 11.3. The van der Waals surface area contributed by atoms with Crippen LogP contribution in [0.4, 0.5) is 0 Å². The molecule has 1 heterocycles. The molecule has 1 aliphatic rings. The van der Waals surface area contributed by atoms with Crippen molar-refractivity contribution >= 4 is 18.4 Å². The number of ether oxygens (including phenoxy) is 1. The molecule has 0 saturated carbocycles. The molecule has 1 aliphatic heterocycles. The minimum absolute atomic E-state index is 0. The summed E-state index contributed by atoms with van der Waals surface area (Å²) >= 11 is 0. The molecular formula is C21H34ClNO2. The van der Waals surface area contributed by atoms with Crippen LogP contribution < -0.4 is 4.74 Å². The van der Waals surface area contributed by atoms with Gasteiger partial charge in [-0.05, 0) is 55.5 Å². The molecule has 4 heteroatoms. The van der Waals surface area contributed by atoms with Crippen molar-refractivity contribution in [1.82, 2.24) is 4.90 Å². The number of nitrogens with zero attached hydrogens (tertiary/aromatic N) is 1. The molecule has 142 valence electrons. The summed E-state index contributed by atoms with van der Waals surface area (Å²) < 4.78 is 5.30. The summed E-state index contributed by atoms with van der Waals surface area (Å²) in [7, 11) is 0. The van der Waals surface area contributed by atoms with E-state index in [1.54, 1.807) is 0 Å². The Balaban J connectivity index is 0.00000312. The van der Waals surface area contributed by atoms with Crippen molar-refractivity contribution in [2.24, 2.45) is 11.8 Å². The SMILES string of the molecule is CCCCCCN1CCC(C)[C@H](C)[C@H]1c1cccc(OC(C)=O)c1.Cl. The van der Waals surface area contributed by atoms with Gasteiger partial charge in [0.25, 0.3) is 0 Å². The normalized spacial score (nSPS) is 23.8. The van der Waals surface area contributed by atoms with Crippen LogP contribution in [0, 0.1) is 11.8 Å². The predicted molar refractivity (Wildman–Crippen MR) is 106 cm³/mol. The second-order valence-corrected chi connectivity index (χ2v) is 7.33. The van der Waals surface area contributed by atoms with Crippen molar-refractivity contribution < 1.29 is 9.53 Å². The summed E-state index contributed by atoms with van der Waals surface area (Å²) in [6, 6.07) is 8.54. The van der Waals surface area contributed by atoms with Crippen molar-refractivity contribution in [3.8, 4) is 5.75 Å². The first kappa shape index (κ1) is 22.0. The standard InChI is InChI=1S/C21H33NO2.ClH/c1-5-6-7-8-13-22-14-12-16(2)17(3)21(22)19-10-9-11-20(15-19)24-18(4)23;/h9-11,15-17,21H,5-8,12-14H2,1-4H3;1H/t16?,17-,21-;/m0./s1. The molecule has 1 aromatic carbocycles. The van der Waals surface area contributed by atoms with Crippen LogP contribution in [0.15, 0.2) is 24.3 Å². The van der Waals surface area contributed by atoms with Crippen molar-refractivity contribution in [3.05, 3.63) is 29.8 Å². The van der Waals surface area contributed by atoms with Gasteiger partial charge in [-0.1, -0.05) is 52.2 Å². The monoisotopic (exact) mass is 367 g/mol. The van der Waals surface area contributed by atoms with Gasteiger partial charge >= 0.3 is 5.97 Å². The average molecular weight is 368 g/mol. The molecular weight excluding hydrogens is 334 g/mol. The van der Waals surface area contributed by atoms with Gasteiger partial charge in [0.15, 0.2) is 0 Å². The van der Waals surface area contributed by atoms with E-state index in [0.717, 1.165) is 5.92 Å². The predicted octanol–water partition coefficient (Wildman–Crippen LogP) is 5.63. The molecule has 0 spiro atoms. The van der Waals surface area contributed by atoms with Gasteiger partial charge in [0.1, 0.15) is 5.75 Å². The highest BCUT2D eigenvalue weighted by Crippen LogP contribution is 2.40. The molecule has 1 saturated heterocycles. The largest absolute Gasteiger partial charge is 0.427 e. The fraction of sp³-hybridized carbons (Fsp3) is 0.667. The zero-order valence-electron chi connectivity index (χ0n) is 16.2. The van der Waals surface area contributed by atoms with E-state index in [4.69, 9.17) is 4.74 Å². The molecule has 0 radical (unpaired) electrons. The first-order valence-electron chi connectivity index (χ1n) is 9.55. The van der Waals surface area contributed by atoms with Crippen LogP contribution in [0.3, 0.4) is 0 Å². The number of unbranched alkanes of at least 4 members (excludes halogenated alkanes) is 3. The molecule has 3 nitrogen and oxygen atoms in total. The number of likely N-dealkylation sites (tertiary alicyclic amines) is 1.